The third-order valence-electron chi connectivity index (χ3n) is 4.76. The number of halogens is 2. The lowest BCUT2D eigenvalue weighted by molar-refractivity contribution is 0.0734. The lowest BCUT2D eigenvalue weighted by Crippen LogP contribution is -2.36. The molecule has 6 heteroatoms. The molecule has 0 aromatic heterocycles. The van der Waals surface area contributed by atoms with Gasteiger partial charge in [0.05, 0.1) is 0 Å². The van der Waals surface area contributed by atoms with Crippen molar-refractivity contribution in [3.05, 3.63) is 75.6 Å². The van der Waals surface area contributed by atoms with E-state index >= 15 is 0 Å². The first-order valence-electron chi connectivity index (χ1n) is 8.85. The van der Waals surface area contributed by atoms with Gasteiger partial charge in [-0.1, -0.05) is 29.8 Å². The number of ether oxygens (including phenoxy) is 1. The van der Waals surface area contributed by atoms with Crippen LogP contribution in [-0.4, -0.2) is 30.5 Å². The highest BCUT2D eigenvalue weighted by molar-refractivity contribution is 6.31. The Morgan fingerprint density at radius 2 is 2.19 bits per heavy atom. The Hall–Kier alpha value is -2.37. The number of amides is 1. The number of rotatable bonds is 5. The summed E-state index contributed by atoms with van der Waals surface area (Å²) in [5.74, 6) is -0.661. The fourth-order valence-corrected chi connectivity index (χ4v) is 3.39. The van der Waals surface area contributed by atoms with E-state index in [0.29, 0.717) is 31.6 Å². The van der Waals surface area contributed by atoms with E-state index in [1.807, 2.05) is 31.2 Å². The Morgan fingerprint density at radius 1 is 1.37 bits per heavy atom. The van der Waals surface area contributed by atoms with E-state index < -0.39 is 5.82 Å². The summed E-state index contributed by atoms with van der Waals surface area (Å²) >= 11 is 6.22. The van der Waals surface area contributed by atoms with Gasteiger partial charge in [0, 0.05) is 30.2 Å². The topological polar surface area (TPSA) is 55.6 Å². The van der Waals surface area contributed by atoms with E-state index in [4.69, 9.17) is 22.1 Å². The quantitative estimate of drug-likeness (QED) is 0.789. The smallest absolute Gasteiger partial charge is 0.254 e. The summed E-state index contributed by atoms with van der Waals surface area (Å²) < 4.78 is 19.8. The molecule has 0 bridgehead atoms. The van der Waals surface area contributed by atoms with Crippen molar-refractivity contribution in [2.45, 2.75) is 19.9 Å². The van der Waals surface area contributed by atoms with Gasteiger partial charge in [0.1, 0.15) is 6.61 Å². The average Bonchev–Trinajstić information content (AvgIpc) is 2.69. The molecule has 2 aromatic carbocycles. The molecule has 4 nitrogen and oxygen atoms in total. The van der Waals surface area contributed by atoms with Crippen molar-refractivity contribution in [2.75, 3.05) is 19.7 Å². The molecule has 142 valence electrons. The van der Waals surface area contributed by atoms with Crippen molar-refractivity contribution >= 4 is 17.5 Å². The number of nitrogens with zero attached hydrogens (tertiary/aromatic N) is 1. The van der Waals surface area contributed by atoms with Crippen LogP contribution >= 0.6 is 11.6 Å². The summed E-state index contributed by atoms with van der Waals surface area (Å²) in [4.78, 5) is 14.5. The van der Waals surface area contributed by atoms with E-state index in [1.54, 1.807) is 11.0 Å². The summed E-state index contributed by atoms with van der Waals surface area (Å²) in [6, 6.07) is 10.0. The summed E-state index contributed by atoms with van der Waals surface area (Å²) in [5, 5.41) is 0.727. The zero-order valence-electron chi connectivity index (χ0n) is 15.2. The van der Waals surface area contributed by atoms with Gasteiger partial charge in [-0.15, -0.1) is 0 Å². The van der Waals surface area contributed by atoms with Crippen molar-refractivity contribution < 1.29 is 13.9 Å². The first kappa shape index (κ1) is 19.4. The number of carbonyl (C=O) groups excluding carboxylic acids is 1. The predicted molar refractivity (Wildman–Crippen MR) is 105 cm³/mol. The van der Waals surface area contributed by atoms with Crippen LogP contribution in [0.25, 0.3) is 0 Å². The van der Waals surface area contributed by atoms with Crippen LogP contribution in [0.5, 0.6) is 5.75 Å². The molecular formula is C21H22ClFN2O2. The van der Waals surface area contributed by atoms with Crippen molar-refractivity contribution in [2.24, 2.45) is 5.73 Å². The summed E-state index contributed by atoms with van der Waals surface area (Å²) in [6.07, 6.45) is 2.53. The van der Waals surface area contributed by atoms with Gasteiger partial charge >= 0.3 is 0 Å². The van der Waals surface area contributed by atoms with E-state index in [9.17, 15) is 9.18 Å². The second-order valence-electron chi connectivity index (χ2n) is 6.44. The van der Waals surface area contributed by atoms with Gasteiger partial charge in [0.25, 0.3) is 5.91 Å². The van der Waals surface area contributed by atoms with E-state index in [0.717, 1.165) is 21.7 Å². The van der Waals surface area contributed by atoms with Crippen LogP contribution in [0.3, 0.4) is 0 Å². The van der Waals surface area contributed by atoms with Crippen molar-refractivity contribution in [3.63, 3.8) is 0 Å². The molecular weight excluding hydrogens is 367 g/mol. The molecule has 0 aliphatic carbocycles. The average molecular weight is 389 g/mol. The minimum Gasteiger partial charge on any atom is -0.486 e. The normalized spacial score (nSPS) is 14.1. The molecule has 0 spiro atoms. The maximum atomic E-state index is 14.4. The molecule has 3 rings (SSSR count). The lowest BCUT2D eigenvalue weighted by Gasteiger charge is -2.29. The van der Waals surface area contributed by atoms with Gasteiger partial charge < -0.3 is 15.4 Å². The monoisotopic (exact) mass is 388 g/mol. The zero-order valence-corrected chi connectivity index (χ0v) is 15.9. The summed E-state index contributed by atoms with van der Waals surface area (Å²) in [7, 11) is 0. The summed E-state index contributed by atoms with van der Waals surface area (Å²) in [5.41, 5.74) is 8.86. The van der Waals surface area contributed by atoms with Crippen LogP contribution in [0.1, 0.15) is 28.4 Å². The molecule has 1 heterocycles. The van der Waals surface area contributed by atoms with E-state index in [1.165, 1.54) is 12.1 Å². The molecule has 0 saturated heterocycles. The fourth-order valence-electron chi connectivity index (χ4n) is 3.10. The zero-order chi connectivity index (χ0) is 19.4. The van der Waals surface area contributed by atoms with E-state index in [2.05, 4.69) is 0 Å². The molecule has 0 fully saturated rings. The molecule has 2 N–H and O–H groups in total. The third kappa shape index (κ3) is 4.31. The second kappa shape index (κ2) is 8.55. The number of hydrogen-bond donors (Lipinski definition) is 1. The molecule has 1 aliphatic rings. The fraction of sp³-hybridized carbons (Fsp3) is 0.286. The molecule has 0 radical (unpaired) electrons. The Kier molecular flexibility index (Phi) is 6.14. The minimum absolute atomic E-state index is 0.107. The standard InChI is InChI=1S/C21H22ClFN2O2/c1-2-14(11-24)13-27-20-7-6-15(10-19(20)23)21(26)25-9-8-17-16(12-25)4-3-5-18(17)22/h2-7,10H,8-9,11-13,24H2,1H3/b14-2-. The van der Waals surface area contributed by atoms with Gasteiger partial charge in [-0.05, 0) is 54.3 Å². The van der Waals surface area contributed by atoms with Crippen LogP contribution in [-0.2, 0) is 13.0 Å². The number of benzene rings is 2. The SMILES string of the molecule is C/C=C(/CN)COc1ccc(C(=O)N2CCc3c(Cl)cccc3C2)cc1F. The van der Waals surface area contributed by atoms with Crippen molar-refractivity contribution in [1.29, 1.82) is 0 Å². The highest BCUT2D eigenvalue weighted by Gasteiger charge is 2.23. The van der Waals surface area contributed by atoms with E-state index in [-0.39, 0.29) is 18.3 Å². The number of fused-ring (bicyclic) bond motifs is 1. The Bertz CT molecular complexity index is 882. The third-order valence-corrected chi connectivity index (χ3v) is 5.11. The lowest BCUT2D eigenvalue weighted by atomic mass is 9.99. The van der Waals surface area contributed by atoms with Gasteiger partial charge in [-0.25, -0.2) is 4.39 Å². The van der Waals surface area contributed by atoms with Crippen LogP contribution < -0.4 is 10.5 Å². The highest BCUT2D eigenvalue weighted by atomic mass is 35.5. The number of hydrogen-bond acceptors (Lipinski definition) is 3. The number of nitrogens with two attached hydrogens (primary N) is 1. The molecule has 1 aliphatic heterocycles. The van der Waals surface area contributed by atoms with Crippen molar-refractivity contribution in [3.8, 4) is 5.75 Å². The van der Waals surface area contributed by atoms with Crippen LogP contribution in [0.15, 0.2) is 48.0 Å². The first-order chi connectivity index (χ1) is 13.0. The van der Waals surface area contributed by atoms with Crippen LogP contribution in [0, 0.1) is 5.82 Å². The van der Waals surface area contributed by atoms with Gasteiger partial charge in [0.2, 0.25) is 0 Å². The van der Waals surface area contributed by atoms with Gasteiger partial charge in [0.15, 0.2) is 11.6 Å². The highest BCUT2D eigenvalue weighted by Crippen LogP contribution is 2.27. The predicted octanol–water partition coefficient (Wildman–Crippen LogP) is 3.96. The van der Waals surface area contributed by atoms with Crippen LogP contribution in [0.4, 0.5) is 4.39 Å². The summed E-state index contributed by atoms with van der Waals surface area (Å²) in [6.45, 7) is 3.45. The second-order valence-corrected chi connectivity index (χ2v) is 6.85. The maximum Gasteiger partial charge on any atom is 0.254 e. The molecule has 0 saturated carbocycles. The number of allylic oxidation sites excluding steroid dienone is 1. The first-order valence-corrected chi connectivity index (χ1v) is 9.23. The minimum atomic E-state index is -0.561. The van der Waals surface area contributed by atoms with Gasteiger partial charge in [-0.2, -0.15) is 0 Å². The Morgan fingerprint density at radius 3 is 2.89 bits per heavy atom. The Balaban J connectivity index is 1.71. The molecule has 2 aromatic rings. The van der Waals surface area contributed by atoms with Crippen LogP contribution in [0.2, 0.25) is 5.02 Å². The molecule has 1 amide bonds. The molecule has 0 atom stereocenters. The number of carbonyl (C=O) groups is 1. The van der Waals surface area contributed by atoms with Crippen molar-refractivity contribution in [1.82, 2.24) is 4.90 Å². The molecule has 27 heavy (non-hydrogen) atoms. The van der Waals surface area contributed by atoms with Gasteiger partial charge in [-0.3, -0.25) is 4.79 Å². The maximum absolute atomic E-state index is 14.4. The Labute approximate surface area is 163 Å². The molecule has 0 unspecified atom stereocenters. The largest absolute Gasteiger partial charge is 0.486 e.